The van der Waals surface area contributed by atoms with Gasteiger partial charge in [-0.25, -0.2) is 4.79 Å². The maximum atomic E-state index is 12.7. The number of nitrogens with zero attached hydrogens (tertiary/aromatic N) is 2. The van der Waals surface area contributed by atoms with E-state index in [1.54, 1.807) is 42.5 Å². The van der Waals surface area contributed by atoms with Crippen LogP contribution in [0.15, 0.2) is 48.5 Å². The summed E-state index contributed by atoms with van der Waals surface area (Å²) in [4.78, 5) is 27.9. The van der Waals surface area contributed by atoms with Crippen LogP contribution in [0.25, 0.3) is 0 Å². The first-order valence-corrected chi connectivity index (χ1v) is 9.00. The summed E-state index contributed by atoms with van der Waals surface area (Å²) in [5.41, 5.74) is 1.88. The molecule has 0 aliphatic carbocycles. The van der Waals surface area contributed by atoms with Gasteiger partial charge in [0.15, 0.2) is 0 Å². The third-order valence-corrected chi connectivity index (χ3v) is 4.76. The van der Waals surface area contributed by atoms with Crippen molar-refractivity contribution in [2.45, 2.75) is 13.0 Å². The van der Waals surface area contributed by atoms with Gasteiger partial charge < -0.3 is 10.0 Å². The maximum absolute atomic E-state index is 12.7. The second-order valence-electron chi connectivity index (χ2n) is 6.44. The third kappa shape index (κ3) is 4.62. The zero-order valence-electron chi connectivity index (χ0n) is 14.4. The summed E-state index contributed by atoms with van der Waals surface area (Å²) in [5, 5.41) is 9.68. The molecule has 2 aromatic rings. The van der Waals surface area contributed by atoms with Gasteiger partial charge in [0, 0.05) is 43.3 Å². The monoisotopic (exact) mass is 372 g/mol. The largest absolute Gasteiger partial charge is 0.478 e. The topological polar surface area (TPSA) is 60.9 Å². The SMILES string of the molecule is O=C(O)c1cccc(CN2CCCN(C(=O)c3cccc(Cl)c3)CC2)c1. The standard InChI is InChI=1S/C20H21ClN2O3/c21-18-7-2-5-16(13-18)19(24)23-9-3-8-22(10-11-23)14-15-4-1-6-17(12-15)20(25)26/h1-2,4-7,12-13H,3,8-11,14H2,(H,25,26). The molecule has 136 valence electrons. The summed E-state index contributed by atoms with van der Waals surface area (Å²) in [6, 6.07) is 14.0. The average molecular weight is 373 g/mol. The second-order valence-corrected chi connectivity index (χ2v) is 6.87. The lowest BCUT2D eigenvalue weighted by Gasteiger charge is -2.22. The molecule has 1 heterocycles. The number of amides is 1. The molecule has 0 spiro atoms. The predicted molar refractivity (Wildman–Crippen MR) is 101 cm³/mol. The Labute approximate surface area is 157 Å². The van der Waals surface area contributed by atoms with E-state index in [-0.39, 0.29) is 5.91 Å². The maximum Gasteiger partial charge on any atom is 0.335 e. The molecule has 1 fully saturated rings. The first-order valence-electron chi connectivity index (χ1n) is 8.62. The van der Waals surface area contributed by atoms with Crippen LogP contribution in [0.5, 0.6) is 0 Å². The Morgan fingerprint density at radius 2 is 1.73 bits per heavy atom. The molecule has 5 nitrogen and oxygen atoms in total. The lowest BCUT2D eigenvalue weighted by Crippen LogP contribution is -2.35. The number of aromatic carboxylic acids is 1. The molecular formula is C20H21ClN2O3. The molecule has 0 radical (unpaired) electrons. The zero-order valence-corrected chi connectivity index (χ0v) is 15.2. The summed E-state index contributed by atoms with van der Waals surface area (Å²) in [5.74, 6) is -0.914. The molecule has 6 heteroatoms. The lowest BCUT2D eigenvalue weighted by molar-refractivity contribution is 0.0695. The fraction of sp³-hybridized carbons (Fsp3) is 0.300. The highest BCUT2D eigenvalue weighted by atomic mass is 35.5. The number of halogens is 1. The molecule has 0 unspecified atom stereocenters. The molecule has 1 amide bonds. The van der Waals surface area contributed by atoms with Crippen LogP contribution in [0.1, 0.15) is 32.7 Å². The van der Waals surface area contributed by atoms with Gasteiger partial charge in [-0.05, 0) is 42.3 Å². The number of carboxylic acids is 1. The summed E-state index contributed by atoms with van der Waals surface area (Å²) in [7, 11) is 0. The Morgan fingerprint density at radius 3 is 2.50 bits per heavy atom. The minimum absolute atomic E-state index is 0.00206. The molecule has 0 aromatic heterocycles. The summed E-state index contributed by atoms with van der Waals surface area (Å²) < 4.78 is 0. The van der Waals surface area contributed by atoms with Crippen molar-refractivity contribution >= 4 is 23.5 Å². The number of carbonyl (C=O) groups is 2. The van der Waals surface area contributed by atoms with Gasteiger partial charge in [-0.1, -0.05) is 29.8 Å². The number of carboxylic acid groups (broad SMARTS) is 1. The number of hydrogen-bond acceptors (Lipinski definition) is 3. The average Bonchev–Trinajstić information content (AvgIpc) is 2.87. The Morgan fingerprint density at radius 1 is 0.962 bits per heavy atom. The van der Waals surface area contributed by atoms with Crippen LogP contribution < -0.4 is 0 Å². The molecule has 1 saturated heterocycles. The Bertz CT molecular complexity index is 809. The molecule has 1 aliphatic rings. The van der Waals surface area contributed by atoms with Gasteiger partial charge in [0.25, 0.3) is 5.91 Å². The van der Waals surface area contributed by atoms with Gasteiger partial charge in [-0.15, -0.1) is 0 Å². The fourth-order valence-corrected chi connectivity index (χ4v) is 3.39. The van der Waals surface area contributed by atoms with E-state index in [2.05, 4.69) is 4.90 Å². The van der Waals surface area contributed by atoms with Crippen molar-refractivity contribution in [3.05, 3.63) is 70.2 Å². The first kappa shape index (κ1) is 18.4. The molecule has 1 aliphatic heterocycles. The number of rotatable bonds is 4. The number of hydrogen-bond donors (Lipinski definition) is 1. The first-order chi connectivity index (χ1) is 12.5. The molecule has 0 bridgehead atoms. The third-order valence-electron chi connectivity index (χ3n) is 4.53. The van der Waals surface area contributed by atoms with Gasteiger partial charge in [0.05, 0.1) is 5.56 Å². The van der Waals surface area contributed by atoms with Gasteiger partial charge >= 0.3 is 5.97 Å². The molecule has 0 atom stereocenters. The predicted octanol–water partition coefficient (Wildman–Crippen LogP) is 3.39. The molecule has 1 N–H and O–H groups in total. The number of carbonyl (C=O) groups excluding carboxylic acids is 1. The van der Waals surface area contributed by atoms with Crippen LogP contribution in [-0.4, -0.2) is 53.0 Å². The van der Waals surface area contributed by atoms with Gasteiger partial charge in [0.1, 0.15) is 0 Å². The van der Waals surface area contributed by atoms with Crippen molar-refractivity contribution in [1.29, 1.82) is 0 Å². The van der Waals surface area contributed by atoms with Gasteiger partial charge in [0.2, 0.25) is 0 Å². The normalized spacial score (nSPS) is 15.5. The van der Waals surface area contributed by atoms with Crippen LogP contribution in [0, 0.1) is 0 Å². The number of benzene rings is 2. The van der Waals surface area contributed by atoms with E-state index < -0.39 is 5.97 Å². The van der Waals surface area contributed by atoms with Crippen molar-refractivity contribution in [2.75, 3.05) is 26.2 Å². The van der Waals surface area contributed by atoms with E-state index in [1.807, 2.05) is 11.0 Å². The minimum atomic E-state index is -0.916. The highest BCUT2D eigenvalue weighted by Crippen LogP contribution is 2.16. The van der Waals surface area contributed by atoms with Crippen LogP contribution >= 0.6 is 11.6 Å². The lowest BCUT2D eigenvalue weighted by atomic mass is 10.1. The Hall–Kier alpha value is -2.37. The summed E-state index contributed by atoms with van der Waals surface area (Å²) >= 11 is 5.99. The van der Waals surface area contributed by atoms with E-state index in [0.29, 0.717) is 35.8 Å². The van der Waals surface area contributed by atoms with Crippen LogP contribution in [0.3, 0.4) is 0 Å². The van der Waals surface area contributed by atoms with Crippen molar-refractivity contribution < 1.29 is 14.7 Å². The molecule has 0 saturated carbocycles. The van der Waals surface area contributed by atoms with Crippen molar-refractivity contribution in [1.82, 2.24) is 9.80 Å². The quantitative estimate of drug-likeness (QED) is 0.893. The highest BCUT2D eigenvalue weighted by Gasteiger charge is 2.20. The smallest absolute Gasteiger partial charge is 0.335 e. The van der Waals surface area contributed by atoms with E-state index in [1.165, 1.54) is 0 Å². The zero-order chi connectivity index (χ0) is 18.5. The molecule has 2 aromatic carbocycles. The van der Waals surface area contributed by atoms with E-state index in [9.17, 15) is 9.59 Å². The second kappa shape index (κ2) is 8.34. The fourth-order valence-electron chi connectivity index (χ4n) is 3.20. The van der Waals surface area contributed by atoms with E-state index in [4.69, 9.17) is 16.7 Å². The highest BCUT2D eigenvalue weighted by molar-refractivity contribution is 6.30. The van der Waals surface area contributed by atoms with Crippen molar-refractivity contribution in [3.8, 4) is 0 Å². The van der Waals surface area contributed by atoms with Crippen molar-refractivity contribution in [3.63, 3.8) is 0 Å². The molecule has 3 rings (SSSR count). The van der Waals surface area contributed by atoms with Crippen LogP contribution in [0.4, 0.5) is 0 Å². The van der Waals surface area contributed by atoms with Crippen LogP contribution in [-0.2, 0) is 6.54 Å². The van der Waals surface area contributed by atoms with Gasteiger partial charge in [-0.2, -0.15) is 0 Å². The van der Waals surface area contributed by atoms with Crippen LogP contribution in [0.2, 0.25) is 5.02 Å². The minimum Gasteiger partial charge on any atom is -0.478 e. The summed E-state index contributed by atoms with van der Waals surface area (Å²) in [6.45, 7) is 3.65. The van der Waals surface area contributed by atoms with E-state index >= 15 is 0 Å². The summed E-state index contributed by atoms with van der Waals surface area (Å²) in [6.07, 6.45) is 0.880. The Balaban J connectivity index is 1.62. The Kier molecular flexibility index (Phi) is 5.91. The molecular weight excluding hydrogens is 352 g/mol. The van der Waals surface area contributed by atoms with E-state index in [0.717, 1.165) is 25.1 Å². The van der Waals surface area contributed by atoms with Gasteiger partial charge in [-0.3, -0.25) is 9.69 Å². The van der Waals surface area contributed by atoms with Crippen molar-refractivity contribution in [2.24, 2.45) is 0 Å². The molecule has 26 heavy (non-hydrogen) atoms.